The highest BCUT2D eigenvalue weighted by Gasteiger charge is 2.77. The summed E-state index contributed by atoms with van der Waals surface area (Å²) in [5, 5.41) is 10.5. The number of thioether (sulfide) groups is 1. The summed E-state index contributed by atoms with van der Waals surface area (Å²) < 4.78 is 26.1. The summed E-state index contributed by atoms with van der Waals surface area (Å²) in [6.07, 6.45) is -0.689. The van der Waals surface area contributed by atoms with Crippen LogP contribution in [0.2, 0.25) is 25.7 Å². The second-order valence-electron chi connectivity index (χ2n) is 11.9. The molecule has 1 aliphatic carbocycles. The second kappa shape index (κ2) is 10.0. The molecule has 0 radical (unpaired) electrons. The largest absolute Gasteiger partial charge is 0.480 e. The van der Waals surface area contributed by atoms with Gasteiger partial charge < -0.3 is 14.6 Å². The van der Waals surface area contributed by atoms with Crippen LogP contribution in [-0.2, 0) is 19.8 Å². The van der Waals surface area contributed by atoms with Crippen LogP contribution in [0.1, 0.15) is 40.2 Å². The average molecular weight is 604 g/mol. The maximum absolute atomic E-state index is 15.1. The molecular weight excluding hydrogens is 567 g/mol. The lowest BCUT2D eigenvalue weighted by molar-refractivity contribution is -0.138. The van der Waals surface area contributed by atoms with Crippen molar-refractivity contribution in [1.29, 1.82) is 0 Å². The van der Waals surface area contributed by atoms with E-state index in [4.69, 9.17) is 14.5 Å². The van der Waals surface area contributed by atoms with Gasteiger partial charge in [0.2, 0.25) is 0 Å². The molecule has 3 rings (SSSR count). The minimum absolute atomic E-state index is 0.142. The van der Waals surface area contributed by atoms with E-state index in [9.17, 15) is 14.7 Å². The topological polar surface area (TPSA) is 88.4 Å². The molecular formula is C25H36BrFN2O5SSi. The van der Waals surface area contributed by atoms with E-state index in [0.29, 0.717) is 11.1 Å². The molecule has 1 unspecified atom stereocenters. The van der Waals surface area contributed by atoms with Gasteiger partial charge in [0.25, 0.3) is 0 Å². The third-order valence-electron chi connectivity index (χ3n) is 6.59. The molecule has 0 spiro atoms. The predicted octanol–water partition coefficient (Wildman–Crippen LogP) is 6.54. The number of carbonyl (C=O) groups excluding carboxylic acids is 1. The number of benzene rings is 1. The second-order valence-corrected chi connectivity index (χ2v) is 19.7. The average Bonchev–Trinajstić information content (AvgIpc) is 3.34. The van der Waals surface area contributed by atoms with Crippen molar-refractivity contribution in [2.45, 2.75) is 76.2 Å². The molecule has 7 nitrogen and oxygen atoms in total. The Balaban J connectivity index is 2.07. The van der Waals surface area contributed by atoms with Gasteiger partial charge >= 0.3 is 12.1 Å². The first-order valence-electron chi connectivity index (χ1n) is 12.0. The van der Waals surface area contributed by atoms with Gasteiger partial charge in [0, 0.05) is 30.6 Å². The van der Waals surface area contributed by atoms with Crippen LogP contribution in [0.3, 0.4) is 0 Å². The van der Waals surface area contributed by atoms with E-state index >= 15 is 4.39 Å². The minimum atomic E-state index is -1.37. The highest BCUT2D eigenvalue weighted by atomic mass is 79.9. The Hall–Kier alpha value is -1.43. The molecule has 2 aliphatic rings. The van der Waals surface area contributed by atoms with Crippen LogP contribution in [0, 0.1) is 17.7 Å². The Kier molecular flexibility index (Phi) is 8.12. The fourth-order valence-corrected chi connectivity index (χ4v) is 7.46. The number of carbonyl (C=O) groups is 2. The zero-order valence-electron chi connectivity index (χ0n) is 22.1. The van der Waals surface area contributed by atoms with Crippen molar-refractivity contribution >= 4 is 53.0 Å². The van der Waals surface area contributed by atoms with E-state index in [0.717, 1.165) is 17.8 Å². The number of aliphatic imine (C=N–C) groups is 1. The lowest BCUT2D eigenvalue weighted by atomic mass is 9.85. The Morgan fingerprint density at radius 3 is 2.50 bits per heavy atom. The summed E-state index contributed by atoms with van der Waals surface area (Å²) in [7, 11) is -1.37. The zero-order chi connectivity index (χ0) is 27.3. The molecule has 0 saturated heterocycles. The lowest BCUT2D eigenvalue weighted by Crippen LogP contribution is -2.47. The lowest BCUT2D eigenvalue weighted by Gasteiger charge is -2.37. The SMILES string of the molecule is C[C@H]1C2[C@@]1(C(=O)O)SC(N(COCC[Si](C)(C)C)C(=O)OC(C)(C)C)=N[C@]2(C)c1cc(Br)ccc1F. The number of amides is 1. The summed E-state index contributed by atoms with van der Waals surface area (Å²) in [6.45, 7) is 15.8. The normalized spacial score (nSPS) is 27.7. The Morgan fingerprint density at radius 2 is 1.94 bits per heavy atom. The number of amidine groups is 1. The molecule has 1 aromatic carbocycles. The standard InChI is InChI=1S/C25H36BrFN2O5SSi/c1-15-19-24(5,17-13-16(26)9-10-18(17)27)28-21(35-25(15,19)20(30)31)29(22(32)34-23(2,3)4)14-33-11-12-36(6,7)8/h9-10,13,15,19H,11-12,14H2,1-8H3,(H,30,31)/t15-,19?,24+,25-/m0/s1. The number of fused-ring (bicyclic) bond motifs is 1. The van der Waals surface area contributed by atoms with Crippen molar-refractivity contribution in [2.75, 3.05) is 13.3 Å². The molecule has 1 amide bonds. The van der Waals surface area contributed by atoms with Crippen molar-refractivity contribution in [3.63, 3.8) is 0 Å². The number of aliphatic carboxylic acids is 1. The highest BCUT2D eigenvalue weighted by molar-refractivity contribution is 9.10. The summed E-state index contributed by atoms with van der Waals surface area (Å²) in [4.78, 5) is 32.0. The molecule has 36 heavy (non-hydrogen) atoms. The first-order valence-corrected chi connectivity index (χ1v) is 17.3. The number of rotatable bonds is 7. The smallest absolute Gasteiger partial charge is 0.418 e. The third-order valence-corrected chi connectivity index (χ3v) is 10.4. The van der Waals surface area contributed by atoms with Gasteiger partial charge in [-0.2, -0.15) is 0 Å². The van der Waals surface area contributed by atoms with Crippen LogP contribution < -0.4 is 0 Å². The third kappa shape index (κ3) is 5.84. The fraction of sp³-hybridized carbons (Fsp3) is 0.640. The van der Waals surface area contributed by atoms with Gasteiger partial charge in [-0.05, 0) is 57.9 Å². The summed E-state index contributed by atoms with van der Waals surface area (Å²) in [5.74, 6) is -2.27. The number of hydrogen-bond acceptors (Lipinski definition) is 6. The van der Waals surface area contributed by atoms with Crippen molar-refractivity contribution in [1.82, 2.24) is 4.90 Å². The number of carboxylic acids is 1. The van der Waals surface area contributed by atoms with Gasteiger partial charge in [0.1, 0.15) is 22.9 Å². The molecule has 1 aliphatic heterocycles. The van der Waals surface area contributed by atoms with E-state index < -0.39 is 47.8 Å². The van der Waals surface area contributed by atoms with Crippen LogP contribution in [0.5, 0.6) is 0 Å². The van der Waals surface area contributed by atoms with Crippen LogP contribution in [0.4, 0.5) is 9.18 Å². The number of hydrogen-bond donors (Lipinski definition) is 1. The van der Waals surface area contributed by atoms with Crippen LogP contribution in [0.15, 0.2) is 27.7 Å². The first-order chi connectivity index (χ1) is 16.4. The molecule has 1 fully saturated rings. The van der Waals surface area contributed by atoms with Crippen molar-refractivity contribution in [2.24, 2.45) is 16.8 Å². The monoisotopic (exact) mass is 602 g/mol. The Labute approximate surface area is 226 Å². The molecule has 1 saturated carbocycles. The molecule has 200 valence electrons. The molecule has 1 heterocycles. The maximum atomic E-state index is 15.1. The number of halogens is 2. The van der Waals surface area contributed by atoms with Gasteiger partial charge in [-0.3, -0.25) is 9.79 Å². The first kappa shape index (κ1) is 29.1. The van der Waals surface area contributed by atoms with Crippen LogP contribution in [-0.4, -0.2) is 59.0 Å². The maximum Gasteiger partial charge on any atom is 0.418 e. The van der Waals surface area contributed by atoms with Crippen molar-refractivity contribution < 1.29 is 28.6 Å². The van der Waals surface area contributed by atoms with Crippen molar-refractivity contribution in [3.8, 4) is 0 Å². The quantitative estimate of drug-likeness (QED) is 0.216. The predicted molar refractivity (Wildman–Crippen MR) is 147 cm³/mol. The Bertz CT molecular complexity index is 1080. The zero-order valence-corrected chi connectivity index (χ0v) is 25.5. The molecule has 1 aromatic rings. The van der Waals surface area contributed by atoms with Crippen LogP contribution >= 0.6 is 27.7 Å². The summed E-state index contributed by atoms with van der Waals surface area (Å²) >= 11 is 4.43. The van der Waals surface area contributed by atoms with E-state index in [2.05, 4.69) is 35.6 Å². The fourth-order valence-electron chi connectivity index (χ4n) is 4.67. The van der Waals surface area contributed by atoms with Gasteiger partial charge in [-0.25, -0.2) is 14.1 Å². The number of carboxylic acid groups (broad SMARTS) is 1. The van der Waals surface area contributed by atoms with Crippen molar-refractivity contribution in [3.05, 3.63) is 34.1 Å². The summed E-state index contributed by atoms with van der Waals surface area (Å²) in [5.41, 5.74) is -1.73. The number of nitrogens with zero attached hydrogens (tertiary/aromatic N) is 2. The minimum Gasteiger partial charge on any atom is -0.480 e. The van der Waals surface area contributed by atoms with Gasteiger partial charge in [0.15, 0.2) is 5.17 Å². The van der Waals surface area contributed by atoms with E-state index in [1.54, 1.807) is 39.8 Å². The molecule has 1 N–H and O–H groups in total. The van der Waals surface area contributed by atoms with Crippen LogP contribution in [0.25, 0.3) is 0 Å². The molecule has 4 atom stereocenters. The number of ether oxygens (including phenoxy) is 2. The van der Waals surface area contributed by atoms with E-state index in [-0.39, 0.29) is 23.4 Å². The molecule has 0 aromatic heterocycles. The van der Waals surface area contributed by atoms with Gasteiger partial charge in [-0.15, -0.1) is 0 Å². The summed E-state index contributed by atoms with van der Waals surface area (Å²) in [6, 6.07) is 5.45. The van der Waals surface area contributed by atoms with E-state index in [1.807, 2.05) is 6.92 Å². The molecule has 11 heteroatoms. The highest BCUT2D eigenvalue weighted by Crippen LogP contribution is 2.70. The van der Waals surface area contributed by atoms with E-state index in [1.165, 1.54) is 11.0 Å². The van der Waals surface area contributed by atoms with Gasteiger partial charge in [-0.1, -0.05) is 54.3 Å². The molecule has 0 bridgehead atoms. The van der Waals surface area contributed by atoms with Gasteiger partial charge in [0.05, 0.1) is 5.54 Å². The Morgan fingerprint density at radius 1 is 1.31 bits per heavy atom.